The molecule has 18 heavy (non-hydrogen) atoms. The third-order valence-electron chi connectivity index (χ3n) is 2.99. The number of benzene rings is 1. The van der Waals surface area contributed by atoms with Crippen molar-refractivity contribution in [2.45, 2.75) is 25.5 Å². The number of hydrogen-bond acceptors (Lipinski definition) is 3. The van der Waals surface area contributed by atoms with Crippen LogP contribution in [0.3, 0.4) is 0 Å². The smallest absolute Gasteiger partial charge is 0.165 e. The molecule has 1 aromatic carbocycles. The van der Waals surface area contributed by atoms with Crippen molar-refractivity contribution in [1.29, 1.82) is 0 Å². The molecule has 0 radical (unpaired) electrons. The van der Waals surface area contributed by atoms with E-state index in [0.29, 0.717) is 16.9 Å². The predicted molar refractivity (Wildman–Crippen MR) is 72.4 cm³/mol. The summed E-state index contributed by atoms with van der Waals surface area (Å²) >= 11 is 9.65. The SMILES string of the molecule is OCc1nnc(-c2cc(Br)ccc2Cl)n1C1CC1. The van der Waals surface area contributed by atoms with Crippen LogP contribution in [-0.4, -0.2) is 19.9 Å². The largest absolute Gasteiger partial charge is 0.388 e. The van der Waals surface area contributed by atoms with E-state index in [9.17, 15) is 5.11 Å². The highest BCUT2D eigenvalue weighted by atomic mass is 79.9. The summed E-state index contributed by atoms with van der Waals surface area (Å²) in [6, 6.07) is 6.03. The number of rotatable bonds is 3. The Morgan fingerprint density at radius 3 is 2.83 bits per heavy atom. The van der Waals surface area contributed by atoms with E-state index in [1.54, 1.807) is 0 Å². The van der Waals surface area contributed by atoms with Crippen LogP contribution in [-0.2, 0) is 6.61 Å². The maximum atomic E-state index is 9.31. The van der Waals surface area contributed by atoms with E-state index in [1.807, 2.05) is 22.8 Å². The molecule has 1 fully saturated rings. The maximum Gasteiger partial charge on any atom is 0.165 e. The molecule has 6 heteroatoms. The Balaban J connectivity index is 2.16. The maximum absolute atomic E-state index is 9.31. The topological polar surface area (TPSA) is 50.9 Å². The second kappa shape index (κ2) is 4.64. The Kier molecular flexibility index (Phi) is 3.13. The van der Waals surface area contributed by atoms with Crippen molar-refractivity contribution < 1.29 is 5.11 Å². The van der Waals surface area contributed by atoms with Gasteiger partial charge < -0.3 is 9.67 Å². The molecule has 0 bridgehead atoms. The summed E-state index contributed by atoms with van der Waals surface area (Å²) in [6.45, 7) is -0.102. The Bertz CT molecular complexity index is 595. The molecule has 1 aliphatic rings. The van der Waals surface area contributed by atoms with E-state index in [-0.39, 0.29) is 6.61 Å². The van der Waals surface area contributed by atoms with Crippen molar-refractivity contribution in [1.82, 2.24) is 14.8 Å². The van der Waals surface area contributed by atoms with Crippen LogP contribution in [0, 0.1) is 0 Å². The van der Waals surface area contributed by atoms with Crippen LogP contribution < -0.4 is 0 Å². The third kappa shape index (κ3) is 2.06. The van der Waals surface area contributed by atoms with Crippen molar-refractivity contribution in [2.75, 3.05) is 0 Å². The molecule has 0 aliphatic heterocycles. The first-order valence-corrected chi connectivity index (χ1v) is 6.88. The Labute approximate surface area is 118 Å². The summed E-state index contributed by atoms with van der Waals surface area (Å²) in [5, 5.41) is 18.1. The summed E-state index contributed by atoms with van der Waals surface area (Å²) in [6.07, 6.45) is 2.20. The Hall–Kier alpha value is -0.910. The lowest BCUT2D eigenvalue weighted by molar-refractivity contribution is 0.265. The molecule has 1 aromatic heterocycles. The summed E-state index contributed by atoms with van der Waals surface area (Å²) in [7, 11) is 0. The zero-order chi connectivity index (χ0) is 12.7. The molecule has 0 amide bonds. The minimum absolute atomic E-state index is 0.102. The second-order valence-electron chi connectivity index (χ2n) is 4.32. The van der Waals surface area contributed by atoms with Gasteiger partial charge in [-0.25, -0.2) is 0 Å². The lowest BCUT2D eigenvalue weighted by Gasteiger charge is -2.09. The predicted octanol–water partition coefficient (Wildman–Crippen LogP) is 3.19. The number of aliphatic hydroxyl groups excluding tert-OH is 1. The molecule has 1 heterocycles. The number of nitrogens with zero attached hydrogens (tertiary/aromatic N) is 3. The molecular weight excluding hydrogens is 318 g/mol. The molecule has 3 rings (SSSR count). The number of halogens is 2. The summed E-state index contributed by atoms with van der Waals surface area (Å²) < 4.78 is 2.94. The van der Waals surface area contributed by atoms with Gasteiger partial charge in [-0.1, -0.05) is 27.5 Å². The molecule has 0 atom stereocenters. The van der Waals surface area contributed by atoms with Gasteiger partial charge in [0.25, 0.3) is 0 Å². The van der Waals surface area contributed by atoms with E-state index < -0.39 is 0 Å². The van der Waals surface area contributed by atoms with Crippen molar-refractivity contribution in [3.8, 4) is 11.4 Å². The van der Waals surface area contributed by atoms with Crippen LogP contribution in [0.2, 0.25) is 5.02 Å². The van der Waals surface area contributed by atoms with Gasteiger partial charge in [0, 0.05) is 16.1 Å². The molecule has 0 unspecified atom stereocenters. The number of aromatic nitrogens is 3. The van der Waals surface area contributed by atoms with E-state index in [4.69, 9.17) is 11.6 Å². The quantitative estimate of drug-likeness (QED) is 0.941. The van der Waals surface area contributed by atoms with Gasteiger partial charge in [0.05, 0.1) is 5.02 Å². The first-order chi connectivity index (χ1) is 8.70. The summed E-state index contributed by atoms with van der Waals surface area (Å²) in [4.78, 5) is 0. The monoisotopic (exact) mass is 327 g/mol. The first kappa shape index (κ1) is 12.1. The molecule has 94 valence electrons. The molecule has 1 N–H and O–H groups in total. The summed E-state index contributed by atoms with van der Waals surface area (Å²) in [5.41, 5.74) is 0.838. The zero-order valence-corrected chi connectivity index (χ0v) is 11.8. The number of hydrogen-bond donors (Lipinski definition) is 1. The van der Waals surface area contributed by atoms with Gasteiger partial charge in [-0.3, -0.25) is 0 Å². The van der Waals surface area contributed by atoms with Crippen molar-refractivity contribution in [3.05, 3.63) is 33.5 Å². The van der Waals surface area contributed by atoms with Crippen LogP contribution in [0.4, 0.5) is 0 Å². The van der Waals surface area contributed by atoms with Gasteiger partial charge in [0.1, 0.15) is 6.61 Å². The van der Waals surface area contributed by atoms with E-state index in [1.165, 1.54) is 0 Å². The Morgan fingerprint density at radius 1 is 1.39 bits per heavy atom. The fourth-order valence-electron chi connectivity index (χ4n) is 2.00. The fraction of sp³-hybridized carbons (Fsp3) is 0.333. The van der Waals surface area contributed by atoms with Crippen LogP contribution in [0.15, 0.2) is 22.7 Å². The van der Waals surface area contributed by atoms with E-state index in [0.717, 1.165) is 28.7 Å². The second-order valence-corrected chi connectivity index (χ2v) is 5.65. The molecule has 4 nitrogen and oxygen atoms in total. The third-order valence-corrected chi connectivity index (χ3v) is 3.81. The van der Waals surface area contributed by atoms with Gasteiger partial charge in [0.2, 0.25) is 0 Å². The van der Waals surface area contributed by atoms with E-state index in [2.05, 4.69) is 26.1 Å². The molecular formula is C12H11BrClN3O. The molecule has 0 spiro atoms. The fourth-order valence-corrected chi connectivity index (χ4v) is 2.56. The average Bonchev–Trinajstić information content (AvgIpc) is 3.12. The van der Waals surface area contributed by atoms with Crippen LogP contribution in [0.5, 0.6) is 0 Å². The molecule has 1 aliphatic carbocycles. The van der Waals surface area contributed by atoms with Gasteiger partial charge in [-0.2, -0.15) is 0 Å². The van der Waals surface area contributed by atoms with E-state index >= 15 is 0 Å². The molecule has 2 aromatic rings. The van der Waals surface area contributed by atoms with Crippen LogP contribution in [0.1, 0.15) is 24.7 Å². The van der Waals surface area contributed by atoms with Gasteiger partial charge in [0.15, 0.2) is 11.6 Å². The lowest BCUT2D eigenvalue weighted by atomic mass is 10.2. The van der Waals surface area contributed by atoms with Crippen LogP contribution in [0.25, 0.3) is 11.4 Å². The highest BCUT2D eigenvalue weighted by Gasteiger charge is 2.30. The zero-order valence-electron chi connectivity index (χ0n) is 9.48. The van der Waals surface area contributed by atoms with Crippen molar-refractivity contribution in [2.24, 2.45) is 0 Å². The standard InChI is InChI=1S/C12H11BrClN3O/c13-7-1-4-10(14)9(5-7)12-16-15-11(6-18)17(12)8-2-3-8/h1,4-5,8,18H,2-3,6H2. The minimum atomic E-state index is -0.102. The van der Waals surface area contributed by atoms with Gasteiger partial charge in [-0.15, -0.1) is 10.2 Å². The van der Waals surface area contributed by atoms with Gasteiger partial charge in [-0.05, 0) is 31.0 Å². The molecule has 1 saturated carbocycles. The van der Waals surface area contributed by atoms with Crippen molar-refractivity contribution in [3.63, 3.8) is 0 Å². The number of aliphatic hydroxyl groups is 1. The van der Waals surface area contributed by atoms with Crippen molar-refractivity contribution >= 4 is 27.5 Å². The van der Waals surface area contributed by atoms with Gasteiger partial charge >= 0.3 is 0 Å². The minimum Gasteiger partial charge on any atom is -0.388 e. The first-order valence-electron chi connectivity index (χ1n) is 5.70. The molecule has 0 saturated heterocycles. The Morgan fingerprint density at radius 2 is 2.17 bits per heavy atom. The highest BCUT2D eigenvalue weighted by molar-refractivity contribution is 9.10. The summed E-state index contributed by atoms with van der Waals surface area (Å²) in [5.74, 6) is 1.33. The lowest BCUT2D eigenvalue weighted by Crippen LogP contribution is -2.03. The normalized spacial score (nSPS) is 15.1. The van der Waals surface area contributed by atoms with Crippen LogP contribution >= 0.6 is 27.5 Å². The highest BCUT2D eigenvalue weighted by Crippen LogP contribution is 2.40. The average molecular weight is 329 g/mol.